The molecule has 0 aliphatic carbocycles. The fraction of sp³-hybridized carbons (Fsp3) is 0.286. The molecule has 18 heavy (non-hydrogen) atoms. The Bertz CT molecular complexity index is 483. The van der Waals surface area contributed by atoms with Gasteiger partial charge in [0.05, 0.1) is 7.11 Å². The third-order valence-corrected chi connectivity index (χ3v) is 3.44. The highest BCUT2D eigenvalue weighted by Gasteiger charge is 2.10. The first kappa shape index (κ1) is 12.9. The number of benzene rings is 1. The quantitative estimate of drug-likeness (QED) is 0.869. The van der Waals surface area contributed by atoms with Gasteiger partial charge in [0, 0.05) is 17.0 Å². The van der Waals surface area contributed by atoms with Crippen LogP contribution in [0.2, 0.25) is 0 Å². The smallest absolute Gasteiger partial charge is 0.166 e. The van der Waals surface area contributed by atoms with Gasteiger partial charge in [-0.15, -0.1) is 11.3 Å². The van der Waals surface area contributed by atoms with E-state index in [1.807, 2.05) is 31.3 Å². The molecule has 4 heteroatoms. The van der Waals surface area contributed by atoms with Gasteiger partial charge in [-0.1, -0.05) is 18.2 Å². The molecule has 1 N–H and O–H groups in total. The first-order chi connectivity index (χ1) is 8.85. The van der Waals surface area contributed by atoms with Crippen LogP contribution in [0.25, 0.3) is 0 Å². The minimum atomic E-state index is 0.578. The third kappa shape index (κ3) is 3.03. The molecule has 0 unspecified atom stereocenters. The van der Waals surface area contributed by atoms with E-state index < -0.39 is 0 Å². The van der Waals surface area contributed by atoms with Gasteiger partial charge in [0.25, 0.3) is 0 Å². The summed E-state index contributed by atoms with van der Waals surface area (Å²) in [5.74, 6) is 1.60. The van der Waals surface area contributed by atoms with Crippen molar-refractivity contribution in [2.75, 3.05) is 14.2 Å². The highest BCUT2D eigenvalue weighted by atomic mass is 32.1. The second-order valence-corrected chi connectivity index (χ2v) is 4.88. The van der Waals surface area contributed by atoms with Crippen molar-refractivity contribution in [3.05, 3.63) is 46.2 Å². The van der Waals surface area contributed by atoms with Gasteiger partial charge in [0.1, 0.15) is 6.61 Å². The van der Waals surface area contributed by atoms with E-state index in [1.165, 1.54) is 4.88 Å². The van der Waals surface area contributed by atoms with Crippen LogP contribution in [0.3, 0.4) is 0 Å². The largest absolute Gasteiger partial charge is 0.493 e. The molecule has 0 atom stereocenters. The summed E-state index contributed by atoms with van der Waals surface area (Å²) < 4.78 is 11.3. The number of hydrogen-bond donors (Lipinski definition) is 1. The number of thiophene rings is 1. The van der Waals surface area contributed by atoms with Gasteiger partial charge in [-0.05, 0) is 24.6 Å². The fourth-order valence-electron chi connectivity index (χ4n) is 1.75. The van der Waals surface area contributed by atoms with E-state index >= 15 is 0 Å². The average molecular weight is 263 g/mol. The summed E-state index contributed by atoms with van der Waals surface area (Å²) in [4.78, 5) is 1.20. The van der Waals surface area contributed by atoms with Gasteiger partial charge in [0.15, 0.2) is 11.5 Å². The zero-order valence-electron chi connectivity index (χ0n) is 10.6. The van der Waals surface area contributed by atoms with Crippen molar-refractivity contribution in [2.24, 2.45) is 0 Å². The fourth-order valence-corrected chi connectivity index (χ4v) is 2.37. The zero-order valence-corrected chi connectivity index (χ0v) is 11.4. The van der Waals surface area contributed by atoms with Gasteiger partial charge in [0.2, 0.25) is 0 Å². The van der Waals surface area contributed by atoms with Gasteiger partial charge >= 0.3 is 0 Å². The van der Waals surface area contributed by atoms with E-state index in [-0.39, 0.29) is 0 Å². The molecule has 0 amide bonds. The van der Waals surface area contributed by atoms with Crippen LogP contribution in [0.1, 0.15) is 10.4 Å². The Morgan fingerprint density at radius 2 is 2.11 bits per heavy atom. The summed E-state index contributed by atoms with van der Waals surface area (Å²) in [6.07, 6.45) is 0. The Hall–Kier alpha value is -1.52. The average Bonchev–Trinajstić information content (AvgIpc) is 2.90. The summed E-state index contributed by atoms with van der Waals surface area (Å²) in [5, 5.41) is 5.19. The zero-order chi connectivity index (χ0) is 12.8. The monoisotopic (exact) mass is 263 g/mol. The highest BCUT2D eigenvalue weighted by Crippen LogP contribution is 2.32. The van der Waals surface area contributed by atoms with Gasteiger partial charge in [-0.3, -0.25) is 0 Å². The van der Waals surface area contributed by atoms with E-state index in [9.17, 15) is 0 Å². The normalized spacial score (nSPS) is 10.3. The van der Waals surface area contributed by atoms with E-state index in [0.717, 1.165) is 23.6 Å². The molecule has 0 aliphatic heterocycles. The topological polar surface area (TPSA) is 30.5 Å². The van der Waals surface area contributed by atoms with Crippen LogP contribution in [-0.4, -0.2) is 14.2 Å². The summed E-state index contributed by atoms with van der Waals surface area (Å²) in [7, 11) is 3.58. The molecule has 3 nitrogen and oxygen atoms in total. The second-order valence-electron chi connectivity index (χ2n) is 3.85. The molecular formula is C14H17NO2S. The van der Waals surface area contributed by atoms with Crippen molar-refractivity contribution in [1.82, 2.24) is 5.32 Å². The number of para-hydroxylation sites is 1. The first-order valence-corrected chi connectivity index (χ1v) is 6.68. The third-order valence-electron chi connectivity index (χ3n) is 2.59. The molecule has 1 aromatic carbocycles. The molecule has 0 fully saturated rings. The molecule has 2 rings (SSSR count). The Balaban J connectivity index is 2.18. The van der Waals surface area contributed by atoms with Crippen LogP contribution in [0.4, 0.5) is 0 Å². The predicted octanol–water partition coefficient (Wildman–Crippen LogP) is 3.06. The lowest BCUT2D eigenvalue weighted by Crippen LogP contribution is -2.08. The molecule has 0 bridgehead atoms. The summed E-state index contributed by atoms with van der Waals surface area (Å²) in [5.41, 5.74) is 1.11. The Morgan fingerprint density at radius 1 is 1.22 bits per heavy atom. The summed E-state index contributed by atoms with van der Waals surface area (Å²) in [6.45, 7) is 1.34. The van der Waals surface area contributed by atoms with Crippen LogP contribution >= 0.6 is 11.3 Å². The van der Waals surface area contributed by atoms with Crippen molar-refractivity contribution in [3.63, 3.8) is 0 Å². The molecular weight excluding hydrogens is 246 g/mol. The molecule has 1 heterocycles. The summed E-state index contributed by atoms with van der Waals surface area (Å²) >= 11 is 1.69. The molecule has 96 valence electrons. The van der Waals surface area contributed by atoms with Gasteiger partial charge in [-0.25, -0.2) is 0 Å². The van der Waals surface area contributed by atoms with E-state index in [4.69, 9.17) is 9.47 Å². The SMILES string of the molecule is CNCc1cccc(OC)c1OCc1cccs1. The number of nitrogens with one attached hydrogen (secondary N) is 1. The molecule has 2 aromatic rings. The van der Waals surface area contributed by atoms with Gasteiger partial charge in [-0.2, -0.15) is 0 Å². The lowest BCUT2D eigenvalue weighted by molar-refractivity contribution is 0.283. The molecule has 0 radical (unpaired) electrons. The maximum atomic E-state index is 5.90. The molecule has 0 spiro atoms. The van der Waals surface area contributed by atoms with Crippen LogP contribution in [0.5, 0.6) is 11.5 Å². The molecule has 0 saturated heterocycles. The lowest BCUT2D eigenvalue weighted by Gasteiger charge is -2.14. The van der Waals surface area contributed by atoms with Crippen LogP contribution in [0.15, 0.2) is 35.7 Å². The maximum Gasteiger partial charge on any atom is 0.166 e. The van der Waals surface area contributed by atoms with Crippen molar-refractivity contribution in [1.29, 1.82) is 0 Å². The number of methoxy groups -OCH3 is 1. The van der Waals surface area contributed by atoms with Crippen LogP contribution < -0.4 is 14.8 Å². The Kier molecular flexibility index (Phi) is 4.61. The second kappa shape index (κ2) is 6.42. The first-order valence-electron chi connectivity index (χ1n) is 5.81. The van der Waals surface area contributed by atoms with Crippen LogP contribution in [-0.2, 0) is 13.2 Å². The van der Waals surface area contributed by atoms with Crippen molar-refractivity contribution >= 4 is 11.3 Å². The van der Waals surface area contributed by atoms with E-state index in [1.54, 1.807) is 18.4 Å². The summed E-state index contributed by atoms with van der Waals surface area (Å²) in [6, 6.07) is 10.0. The highest BCUT2D eigenvalue weighted by molar-refractivity contribution is 7.09. The molecule has 0 saturated carbocycles. The number of hydrogen-bond acceptors (Lipinski definition) is 4. The Morgan fingerprint density at radius 3 is 2.78 bits per heavy atom. The number of ether oxygens (including phenoxy) is 2. The maximum absolute atomic E-state index is 5.90. The number of rotatable bonds is 6. The van der Waals surface area contributed by atoms with Crippen molar-refractivity contribution in [2.45, 2.75) is 13.2 Å². The van der Waals surface area contributed by atoms with Gasteiger partial charge < -0.3 is 14.8 Å². The van der Waals surface area contributed by atoms with E-state index in [0.29, 0.717) is 6.61 Å². The van der Waals surface area contributed by atoms with E-state index in [2.05, 4.69) is 16.8 Å². The lowest BCUT2D eigenvalue weighted by atomic mass is 10.2. The molecule has 0 aliphatic rings. The predicted molar refractivity (Wildman–Crippen MR) is 74.4 cm³/mol. The molecule has 1 aromatic heterocycles. The minimum absolute atomic E-state index is 0.578. The van der Waals surface area contributed by atoms with Crippen molar-refractivity contribution in [3.8, 4) is 11.5 Å². The Labute approximate surface area is 111 Å². The standard InChI is InChI=1S/C14H17NO2S/c1-15-9-11-5-3-7-13(16-2)14(11)17-10-12-6-4-8-18-12/h3-8,15H,9-10H2,1-2H3. The minimum Gasteiger partial charge on any atom is -0.493 e. The van der Waals surface area contributed by atoms with Crippen molar-refractivity contribution < 1.29 is 9.47 Å². The van der Waals surface area contributed by atoms with Crippen LogP contribution in [0, 0.1) is 0 Å².